The number of hydrogen-bond acceptors (Lipinski definition) is 3. The maximum absolute atomic E-state index is 10.3. The molecule has 1 aliphatic heterocycles. The quantitative estimate of drug-likeness (QED) is 0.0953. The van der Waals surface area contributed by atoms with Crippen molar-refractivity contribution >= 4 is 8.60 Å². The lowest BCUT2D eigenvalue weighted by molar-refractivity contribution is 0.129. The summed E-state index contributed by atoms with van der Waals surface area (Å²) in [7, 11) is -1.72. The molecule has 1 aliphatic rings. The molecular formula is C52H89O3P. The smallest absolute Gasteiger partial charge is 0.328 e. The Morgan fingerprint density at radius 2 is 0.929 bits per heavy atom. The van der Waals surface area contributed by atoms with Crippen LogP contribution in [0.15, 0.2) is 36.4 Å². The van der Waals surface area contributed by atoms with Gasteiger partial charge in [-0.1, -0.05) is 199 Å². The zero-order valence-corrected chi connectivity index (χ0v) is 39.2. The third kappa shape index (κ3) is 19.2. The SMILES string of the molecule is CCCC1C(CCCCCCCCCc2cc(C)ccc2C(C)(C)C)CCCOP(O)OCCCC1CCCCCCCCCc1cc(C)ccc1C(C)(C)C. The summed E-state index contributed by atoms with van der Waals surface area (Å²) in [5.74, 6) is 2.38. The van der Waals surface area contributed by atoms with Gasteiger partial charge in [0.15, 0.2) is 0 Å². The fourth-order valence-corrected chi connectivity index (χ4v) is 10.5. The molecule has 2 aromatic rings. The molecule has 0 bridgehead atoms. The first-order valence-electron chi connectivity index (χ1n) is 23.7. The summed E-state index contributed by atoms with van der Waals surface area (Å²) in [5.41, 5.74) is 9.41. The number of hydrogen-bond donors (Lipinski definition) is 1. The molecule has 0 radical (unpaired) electrons. The normalized spacial score (nSPS) is 20.5. The molecule has 56 heavy (non-hydrogen) atoms. The second-order valence-electron chi connectivity index (χ2n) is 20.0. The summed E-state index contributed by atoms with van der Waals surface area (Å²) in [6.07, 6.45) is 31.5. The largest absolute Gasteiger partial charge is 0.329 e. The molecule has 1 saturated heterocycles. The maximum Gasteiger partial charge on any atom is 0.329 e. The number of rotatable bonds is 22. The lowest BCUT2D eigenvalue weighted by Crippen LogP contribution is -2.25. The fraction of sp³-hybridized carbons (Fsp3) is 0.769. The molecule has 4 heteroatoms. The zero-order chi connectivity index (χ0) is 40.8. The summed E-state index contributed by atoms with van der Waals surface area (Å²) in [5, 5.41) is 0. The van der Waals surface area contributed by atoms with Crippen LogP contribution in [0.2, 0.25) is 0 Å². The molecule has 1 fully saturated rings. The highest BCUT2D eigenvalue weighted by Crippen LogP contribution is 2.41. The van der Waals surface area contributed by atoms with Crippen LogP contribution in [-0.4, -0.2) is 18.1 Å². The molecule has 3 rings (SSSR count). The molecule has 1 heterocycles. The first-order chi connectivity index (χ1) is 26.8. The van der Waals surface area contributed by atoms with Gasteiger partial charge >= 0.3 is 8.60 Å². The molecule has 0 amide bonds. The van der Waals surface area contributed by atoms with Gasteiger partial charge in [0.2, 0.25) is 0 Å². The van der Waals surface area contributed by atoms with Crippen LogP contribution < -0.4 is 0 Å². The molecule has 0 aliphatic carbocycles. The Bertz CT molecular complexity index is 1220. The van der Waals surface area contributed by atoms with Gasteiger partial charge in [-0.3, -0.25) is 0 Å². The van der Waals surface area contributed by atoms with Gasteiger partial charge in [-0.25, -0.2) is 0 Å². The van der Waals surface area contributed by atoms with Gasteiger partial charge in [0.1, 0.15) is 0 Å². The van der Waals surface area contributed by atoms with E-state index in [1.807, 2.05) is 0 Å². The van der Waals surface area contributed by atoms with Gasteiger partial charge in [0, 0.05) is 0 Å². The van der Waals surface area contributed by atoms with E-state index in [4.69, 9.17) is 9.05 Å². The van der Waals surface area contributed by atoms with Gasteiger partial charge in [0.25, 0.3) is 0 Å². The molecule has 0 spiro atoms. The molecule has 1 N–H and O–H groups in total. The van der Waals surface area contributed by atoms with E-state index in [1.54, 1.807) is 11.1 Å². The minimum Gasteiger partial charge on any atom is -0.328 e. The molecule has 2 aromatic carbocycles. The van der Waals surface area contributed by atoms with Crippen molar-refractivity contribution < 1.29 is 13.9 Å². The van der Waals surface area contributed by atoms with E-state index in [0.29, 0.717) is 13.2 Å². The van der Waals surface area contributed by atoms with E-state index in [-0.39, 0.29) is 10.8 Å². The van der Waals surface area contributed by atoms with Crippen molar-refractivity contribution in [2.45, 2.75) is 227 Å². The van der Waals surface area contributed by atoms with E-state index in [1.165, 1.54) is 164 Å². The second kappa shape index (κ2) is 26.8. The number of unbranched alkanes of at least 4 members (excludes halogenated alkanes) is 12. The van der Waals surface area contributed by atoms with Crippen molar-refractivity contribution in [2.24, 2.45) is 17.8 Å². The van der Waals surface area contributed by atoms with Crippen LogP contribution in [0, 0.1) is 31.6 Å². The number of aryl methyl sites for hydroxylation is 4. The Balaban J connectivity index is 1.41. The lowest BCUT2D eigenvalue weighted by Gasteiger charge is -2.35. The first kappa shape index (κ1) is 49.1. The van der Waals surface area contributed by atoms with Crippen molar-refractivity contribution in [1.29, 1.82) is 0 Å². The van der Waals surface area contributed by atoms with Crippen molar-refractivity contribution in [1.82, 2.24) is 0 Å². The molecule has 0 aromatic heterocycles. The van der Waals surface area contributed by atoms with Crippen LogP contribution in [0.3, 0.4) is 0 Å². The van der Waals surface area contributed by atoms with Crippen molar-refractivity contribution in [3.8, 4) is 0 Å². The molecule has 320 valence electrons. The van der Waals surface area contributed by atoms with Gasteiger partial charge in [0.05, 0.1) is 13.2 Å². The molecule has 3 nitrogen and oxygen atoms in total. The van der Waals surface area contributed by atoms with Crippen molar-refractivity contribution in [2.75, 3.05) is 13.2 Å². The summed E-state index contributed by atoms with van der Waals surface area (Å²) >= 11 is 0. The van der Waals surface area contributed by atoms with Crippen LogP contribution in [0.1, 0.15) is 223 Å². The third-order valence-corrected chi connectivity index (χ3v) is 13.7. The van der Waals surface area contributed by atoms with Gasteiger partial charge < -0.3 is 13.9 Å². The van der Waals surface area contributed by atoms with E-state index in [9.17, 15) is 4.89 Å². The van der Waals surface area contributed by atoms with Crippen LogP contribution in [-0.2, 0) is 32.7 Å². The summed E-state index contributed by atoms with van der Waals surface area (Å²) in [6, 6.07) is 14.2. The minimum absolute atomic E-state index is 0.218. The summed E-state index contributed by atoms with van der Waals surface area (Å²) in [4.78, 5) is 10.3. The van der Waals surface area contributed by atoms with Gasteiger partial charge in [-0.15, -0.1) is 0 Å². The third-order valence-electron chi connectivity index (χ3n) is 12.9. The Hall–Kier alpha value is -1.25. The number of benzene rings is 2. The van der Waals surface area contributed by atoms with Gasteiger partial charge in [-0.05, 0) is 116 Å². The van der Waals surface area contributed by atoms with E-state index < -0.39 is 8.60 Å². The Kier molecular flexibility index (Phi) is 23.5. The Morgan fingerprint density at radius 3 is 1.30 bits per heavy atom. The maximum atomic E-state index is 10.3. The second-order valence-corrected chi connectivity index (χ2v) is 21.0. The monoisotopic (exact) mass is 793 g/mol. The van der Waals surface area contributed by atoms with Crippen LogP contribution in [0.5, 0.6) is 0 Å². The van der Waals surface area contributed by atoms with Crippen molar-refractivity contribution in [3.63, 3.8) is 0 Å². The van der Waals surface area contributed by atoms with Crippen LogP contribution in [0.4, 0.5) is 0 Å². The topological polar surface area (TPSA) is 38.7 Å². The minimum atomic E-state index is -1.72. The summed E-state index contributed by atoms with van der Waals surface area (Å²) in [6.45, 7) is 22.2. The average Bonchev–Trinajstić information content (AvgIpc) is 3.13. The molecule has 2 unspecified atom stereocenters. The lowest BCUT2D eigenvalue weighted by atomic mass is 9.71. The summed E-state index contributed by atoms with van der Waals surface area (Å²) < 4.78 is 11.4. The van der Waals surface area contributed by atoms with E-state index in [0.717, 1.165) is 30.6 Å². The predicted octanol–water partition coefficient (Wildman–Crippen LogP) is 16.4. The predicted molar refractivity (Wildman–Crippen MR) is 246 cm³/mol. The molecule has 2 atom stereocenters. The fourth-order valence-electron chi connectivity index (χ4n) is 9.88. The Labute approximate surface area is 349 Å². The first-order valence-corrected chi connectivity index (χ1v) is 24.9. The standard InChI is InChI=1S/C52H89O3P/c1-10-27-48-44(28-21-17-13-11-15-19-23-30-46-40-42(2)34-36-49(46)51(4,5)6)32-25-38-54-56(53)55-39-26-33-45(48)29-22-18-14-12-16-20-24-31-47-41-43(3)35-37-50(47)52(7,8)9/h34-37,40-41,44-45,48,53H,10-33,38-39H2,1-9H3. The van der Waals surface area contributed by atoms with E-state index in [2.05, 4.69) is 98.7 Å². The average molecular weight is 793 g/mol. The van der Waals surface area contributed by atoms with Crippen LogP contribution >= 0.6 is 8.60 Å². The zero-order valence-electron chi connectivity index (χ0n) is 38.3. The molecular weight excluding hydrogens is 704 g/mol. The highest BCUT2D eigenvalue weighted by Gasteiger charge is 2.29. The molecule has 0 saturated carbocycles. The highest BCUT2D eigenvalue weighted by molar-refractivity contribution is 7.40. The van der Waals surface area contributed by atoms with Crippen LogP contribution in [0.25, 0.3) is 0 Å². The Morgan fingerprint density at radius 1 is 0.554 bits per heavy atom. The van der Waals surface area contributed by atoms with E-state index >= 15 is 0 Å². The van der Waals surface area contributed by atoms with Gasteiger partial charge in [-0.2, -0.15) is 0 Å². The van der Waals surface area contributed by atoms with Crippen molar-refractivity contribution in [3.05, 3.63) is 69.8 Å². The highest BCUT2D eigenvalue weighted by atomic mass is 31.2.